The SMILES string of the molecule is [C-]#[N+]c1ccc(NC(=O)C(C)(C)n2cc(C3CCN(C4CN(C5CN(C6CN(c7ccc8c(c7)C(=O)N(C7CCC(=O)NC7=O)C8=O)C6)C5)C4)CC3)cn2)cc1C(F)(F)F. The standard InChI is InChI=1S/C42H45F3N10O5/c1-41(2,40(60)48-26-4-7-34(46-3)33(14-26)42(43,44)45)54-17-25(16-47-54)24-10-12-50(13-11-24)28-18-52(19-28)30-22-53(23-30)29-20-51(21-29)27-5-6-31-32(15-27)39(59)55(38(31)58)35-8-9-36(56)49-37(35)57/h4-7,14-17,24,28-30,35H,8-13,18-23H2,1-2H3,(H,48,60)(H,49,56,57). The third kappa shape index (κ3) is 7.01. The highest BCUT2D eigenvalue weighted by Gasteiger charge is 2.48. The first kappa shape index (κ1) is 39.8. The number of carbonyl (C=O) groups is 5. The Bertz CT molecular complexity index is 2310. The summed E-state index contributed by atoms with van der Waals surface area (Å²) >= 11 is 0. The third-order valence-corrected chi connectivity index (χ3v) is 13.4. The number of nitrogens with zero attached hydrogens (tertiary/aromatic N) is 8. The van der Waals surface area contributed by atoms with Gasteiger partial charge in [-0.25, -0.2) is 4.85 Å². The molecule has 6 aliphatic rings. The first-order chi connectivity index (χ1) is 28.6. The van der Waals surface area contributed by atoms with Gasteiger partial charge in [-0.2, -0.15) is 18.3 Å². The summed E-state index contributed by atoms with van der Waals surface area (Å²) in [5.74, 6) is -2.25. The molecule has 0 saturated carbocycles. The number of halogens is 3. The van der Waals surface area contributed by atoms with Crippen molar-refractivity contribution >= 4 is 46.6 Å². The summed E-state index contributed by atoms with van der Waals surface area (Å²) in [6.45, 7) is 18.1. The minimum absolute atomic E-state index is 0.0422. The number of imide groups is 2. The molecule has 7 heterocycles. The molecule has 5 fully saturated rings. The van der Waals surface area contributed by atoms with Crippen molar-refractivity contribution in [1.29, 1.82) is 0 Å². The summed E-state index contributed by atoms with van der Waals surface area (Å²) in [5.41, 5.74) is -0.358. The number of piperidine rings is 2. The Morgan fingerprint density at radius 3 is 2.15 bits per heavy atom. The predicted octanol–water partition coefficient (Wildman–Crippen LogP) is 3.66. The average Bonchev–Trinajstić information content (AvgIpc) is 3.76. The zero-order valence-corrected chi connectivity index (χ0v) is 33.2. The van der Waals surface area contributed by atoms with E-state index in [1.807, 2.05) is 12.3 Å². The molecule has 0 bridgehead atoms. The van der Waals surface area contributed by atoms with Crippen LogP contribution in [0.5, 0.6) is 0 Å². The van der Waals surface area contributed by atoms with Gasteiger partial charge in [-0.15, -0.1) is 0 Å². The highest BCUT2D eigenvalue weighted by Crippen LogP contribution is 2.39. The Morgan fingerprint density at radius 1 is 0.850 bits per heavy atom. The second kappa shape index (κ2) is 14.8. The number of nitrogens with one attached hydrogen (secondary N) is 2. The van der Waals surface area contributed by atoms with Gasteiger partial charge in [0, 0.05) is 81.4 Å². The molecule has 5 saturated heterocycles. The van der Waals surface area contributed by atoms with E-state index in [1.54, 1.807) is 36.9 Å². The van der Waals surface area contributed by atoms with E-state index in [2.05, 4.69) is 40.2 Å². The number of likely N-dealkylation sites (tertiary alicyclic amines) is 3. The molecule has 15 nitrogen and oxygen atoms in total. The molecule has 1 aromatic heterocycles. The van der Waals surface area contributed by atoms with Crippen molar-refractivity contribution in [3.8, 4) is 0 Å². The van der Waals surface area contributed by atoms with Gasteiger partial charge in [0.2, 0.25) is 11.8 Å². The normalized spacial score (nSPS) is 22.9. The van der Waals surface area contributed by atoms with Gasteiger partial charge in [-0.3, -0.25) is 53.6 Å². The van der Waals surface area contributed by atoms with Gasteiger partial charge in [0.05, 0.1) is 29.5 Å². The van der Waals surface area contributed by atoms with Crippen molar-refractivity contribution in [2.24, 2.45) is 0 Å². The van der Waals surface area contributed by atoms with Crippen LogP contribution in [0.25, 0.3) is 4.85 Å². The third-order valence-electron chi connectivity index (χ3n) is 13.4. The molecule has 18 heteroatoms. The van der Waals surface area contributed by atoms with E-state index in [0.29, 0.717) is 23.7 Å². The van der Waals surface area contributed by atoms with E-state index >= 15 is 0 Å². The molecule has 0 spiro atoms. The number of hydrogen-bond acceptors (Lipinski definition) is 10. The largest absolute Gasteiger partial charge is 0.407 e. The summed E-state index contributed by atoms with van der Waals surface area (Å²) in [4.78, 5) is 77.4. The fraction of sp³-hybridized carbons (Fsp3) is 0.500. The molecule has 314 valence electrons. The molecule has 0 aliphatic carbocycles. The van der Waals surface area contributed by atoms with Crippen LogP contribution in [0.3, 0.4) is 0 Å². The molecule has 5 amide bonds. The smallest absolute Gasteiger partial charge is 0.368 e. The number of aromatic nitrogens is 2. The van der Waals surface area contributed by atoms with E-state index in [4.69, 9.17) is 6.57 Å². The van der Waals surface area contributed by atoms with Gasteiger partial charge >= 0.3 is 6.18 Å². The van der Waals surface area contributed by atoms with Crippen molar-refractivity contribution in [2.45, 2.75) is 81.3 Å². The van der Waals surface area contributed by atoms with E-state index in [1.165, 1.54) is 6.07 Å². The fourth-order valence-corrected chi connectivity index (χ4v) is 9.36. The maximum Gasteiger partial charge on any atom is 0.407 e. The molecular formula is C42H45F3N10O5. The first-order valence-electron chi connectivity index (χ1n) is 20.4. The van der Waals surface area contributed by atoms with Crippen LogP contribution >= 0.6 is 0 Å². The van der Waals surface area contributed by atoms with Crippen LogP contribution in [0.2, 0.25) is 0 Å². The highest BCUT2D eigenvalue weighted by atomic mass is 19.4. The van der Waals surface area contributed by atoms with E-state index in [0.717, 1.165) is 93.5 Å². The summed E-state index contributed by atoms with van der Waals surface area (Å²) in [6.07, 6.45) is 1.06. The number of carbonyl (C=O) groups excluding carboxylic acids is 5. The zero-order valence-electron chi connectivity index (χ0n) is 33.2. The minimum atomic E-state index is -4.72. The van der Waals surface area contributed by atoms with Crippen LogP contribution in [0.1, 0.15) is 77.3 Å². The molecule has 1 atom stereocenters. The van der Waals surface area contributed by atoms with Crippen molar-refractivity contribution in [3.05, 3.63) is 82.5 Å². The van der Waals surface area contributed by atoms with Gasteiger partial charge < -0.3 is 10.2 Å². The van der Waals surface area contributed by atoms with Gasteiger partial charge in [0.15, 0.2) is 5.69 Å². The van der Waals surface area contributed by atoms with Crippen LogP contribution in [0.4, 0.5) is 30.2 Å². The van der Waals surface area contributed by atoms with Crippen LogP contribution in [-0.4, -0.2) is 135 Å². The van der Waals surface area contributed by atoms with Crippen LogP contribution in [-0.2, 0) is 26.1 Å². The van der Waals surface area contributed by atoms with Crippen LogP contribution in [0.15, 0.2) is 48.8 Å². The van der Waals surface area contributed by atoms with Gasteiger partial charge in [-0.1, -0.05) is 6.07 Å². The molecule has 9 rings (SSSR count). The highest BCUT2D eigenvalue weighted by molar-refractivity contribution is 6.23. The van der Waals surface area contributed by atoms with Gasteiger partial charge in [0.25, 0.3) is 17.7 Å². The Kier molecular flexibility index (Phi) is 9.83. The van der Waals surface area contributed by atoms with Crippen molar-refractivity contribution in [2.75, 3.05) is 62.6 Å². The van der Waals surface area contributed by atoms with E-state index < -0.39 is 58.5 Å². The van der Waals surface area contributed by atoms with Gasteiger partial charge in [0.1, 0.15) is 11.6 Å². The monoisotopic (exact) mass is 826 g/mol. The quantitative estimate of drug-likeness (QED) is 0.242. The number of rotatable bonds is 9. The number of amides is 5. The first-order valence-corrected chi connectivity index (χ1v) is 20.4. The Labute approximate surface area is 344 Å². The van der Waals surface area contributed by atoms with Gasteiger partial charge in [-0.05, 0) is 88.0 Å². The molecule has 3 aromatic rings. The topological polar surface area (TPSA) is 148 Å². The molecule has 1 unspecified atom stereocenters. The second-order valence-corrected chi connectivity index (χ2v) is 17.3. The van der Waals surface area contributed by atoms with E-state index in [-0.39, 0.29) is 30.0 Å². The molecule has 6 aliphatic heterocycles. The molecule has 0 radical (unpaired) electrons. The van der Waals surface area contributed by atoms with Crippen LogP contribution < -0.4 is 15.5 Å². The lowest BCUT2D eigenvalue weighted by molar-refractivity contribution is -0.137. The molecule has 60 heavy (non-hydrogen) atoms. The Hall–Kier alpha value is -5.64. The maximum atomic E-state index is 13.5. The lowest BCUT2D eigenvalue weighted by atomic mass is 9.89. The van der Waals surface area contributed by atoms with Crippen LogP contribution in [0, 0.1) is 6.57 Å². The number of hydrogen-bond donors (Lipinski definition) is 2. The fourth-order valence-electron chi connectivity index (χ4n) is 9.36. The number of alkyl halides is 3. The lowest BCUT2D eigenvalue weighted by Gasteiger charge is -2.58. The Balaban J connectivity index is 0.702. The van der Waals surface area contributed by atoms with Crippen molar-refractivity contribution in [1.82, 2.24) is 34.7 Å². The van der Waals surface area contributed by atoms with E-state index in [9.17, 15) is 37.1 Å². The Morgan fingerprint density at radius 2 is 1.50 bits per heavy atom. The zero-order chi connectivity index (χ0) is 42.2. The number of anilines is 2. The van der Waals surface area contributed by atoms with Crippen molar-refractivity contribution < 1.29 is 37.1 Å². The number of fused-ring (bicyclic) bond motifs is 1. The summed E-state index contributed by atoms with van der Waals surface area (Å²) in [7, 11) is 0. The molecular weight excluding hydrogens is 782 g/mol. The summed E-state index contributed by atoms with van der Waals surface area (Å²) in [6, 6.07) is 8.90. The molecule has 2 aromatic carbocycles. The molecule has 2 N–H and O–H groups in total. The average molecular weight is 827 g/mol. The summed E-state index contributed by atoms with van der Waals surface area (Å²) in [5, 5.41) is 9.29. The number of benzene rings is 2. The second-order valence-electron chi connectivity index (χ2n) is 17.3. The summed E-state index contributed by atoms with van der Waals surface area (Å²) < 4.78 is 42.0. The minimum Gasteiger partial charge on any atom is -0.368 e. The maximum absolute atomic E-state index is 13.5. The predicted molar refractivity (Wildman–Crippen MR) is 211 cm³/mol. The lowest BCUT2D eigenvalue weighted by Crippen LogP contribution is -2.74. The van der Waals surface area contributed by atoms with Crippen molar-refractivity contribution in [3.63, 3.8) is 0 Å².